The van der Waals surface area contributed by atoms with E-state index in [1.54, 1.807) is 12.1 Å². The van der Waals surface area contributed by atoms with Crippen molar-refractivity contribution in [2.45, 2.75) is 24.5 Å². The first-order valence-electron chi connectivity index (χ1n) is 9.07. The number of benzene rings is 2. The predicted molar refractivity (Wildman–Crippen MR) is 105 cm³/mol. The number of nitrogens with zero attached hydrogens (tertiary/aromatic N) is 1. The van der Waals surface area contributed by atoms with Gasteiger partial charge in [0.1, 0.15) is 11.8 Å². The summed E-state index contributed by atoms with van der Waals surface area (Å²) in [6.07, 6.45) is 0.535. The molecule has 4 N–H and O–H groups in total. The summed E-state index contributed by atoms with van der Waals surface area (Å²) in [5.41, 5.74) is 8.17. The number of phenolic OH excluding ortho intramolecular Hbond substituents is 1. The fourth-order valence-corrected chi connectivity index (χ4v) is 4.53. The van der Waals surface area contributed by atoms with Crippen LogP contribution in [0.5, 0.6) is 5.75 Å². The highest BCUT2D eigenvalue weighted by Crippen LogP contribution is 2.48. The van der Waals surface area contributed by atoms with E-state index in [1.807, 2.05) is 41.3 Å². The Balaban J connectivity index is 1.76. The number of hydrogen-bond acceptors (Lipinski definition) is 5. The van der Waals surface area contributed by atoms with E-state index in [0.29, 0.717) is 13.0 Å². The molecule has 6 nitrogen and oxygen atoms in total. The zero-order chi connectivity index (χ0) is 19.0. The highest BCUT2D eigenvalue weighted by molar-refractivity contribution is 9.10. The Morgan fingerprint density at radius 2 is 1.74 bits per heavy atom. The number of aliphatic hydroxyl groups is 1. The van der Waals surface area contributed by atoms with Gasteiger partial charge in [0, 0.05) is 29.1 Å². The van der Waals surface area contributed by atoms with Crippen molar-refractivity contribution in [1.29, 1.82) is 0 Å². The molecule has 142 valence electrons. The third-order valence-corrected chi connectivity index (χ3v) is 5.98. The van der Waals surface area contributed by atoms with Crippen LogP contribution in [-0.2, 0) is 4.79 Å². The number of carbonyl (C=O) groups is 1. The summed E-state index contributed by atoms with van der Waals surface area (Å²) in [6, 6.07) is 14.5. The Morgan fingerprint density at radius 1 is 1.04 bits per heavy atom. The highest BCUT2D eigenvalue weighted by atomic mass is 79.9. The standard InChI is InChI=1S/C20H22BrN3O3/c21-13-8-6-12(7-9-13)19-16-17(14-4-1-2-5-15(14)26)22-23-18(16)20(27)24(19)10-3-11-25/h1-2,4-9,16-19,22-23,25-26H,3,10-11H2. The van der Waals surface area contributed by atoms with Crippen molar-refractivity contribution in [1.82, 2.24) is 15.8 Å². The van der Waals surface area contributed by atoms with Gasteiger partial charge in [-0.3, -0.25) is 4.79 Å². The van der Waals surface area contributed by atoms with Crippen molar-refractivity contribution in [3.8, 4) is 5.75 Å². The number of halogens is 1. The monoisotopic (exact) mass is 431 g/mol. The minimum atomic E-state index is -0.373. The number of phenols is 1. The maximum atomic E-state index is 13.1. The van der Waals surface area contributed by atoms with Gasteiger partial charge in [0.25, 0.3) is 0 Å². The van der Waals surface area contributed by atoms with Crippen LogP contribution in [0, 0.1) is 5.92 Å². The Hall–Kier alpha value is -1.93. The van der Waals surface area contributed by atoms with E-state index < -0.39 is 0 Å². The molecule has 0 bridgehead atoms. The van der Waals surface area contributed by atoms with Crippen LogP contribution in [0.1, 0.15) is 29.6 Å². The predicted octanol–water partition coefficient (Wildman–Crippen LogP) is 2.25. The van der Waals surface area contributed by atoms with Crippen LogP contribution in [0.25, 0.3) is 0 Å². The average molecular weight is 432 g/mol. The van der Waals surface area contributed by atoms with E-state index in [0.717, 1.165) is 15.6 Å². The first-order chi connectivity index (χ1) is 13.1. The van der Waals surface area contributed by atoms with Gasteiger partial charge in [0.15, 0.2) is 0 Å². The van der Waals surface area contributed by atoms with Crippen molar-refractivity contribution in [2.24, 2.45) is 5.92 Å². The molecular weight excluding hydrogens is 410 g/mol. The third kappa shape index (κ3) is 3.25. The van der Waals surface area contributed by atoms with E-state index >= 15 is 0 Å². The largest absolute Gasteiger partial charge is 0.508 e. The summed E-state index contributed by atoms with van der Waals surface area (Å²) >= 11 is 3.47. The minimum absolute atomic E-state index is 0.0202. The van der Waals surface area contributed by atoms with Crippen LogP contribution >= 0.6 is 15.9 Å². The van der Waals surface area contributed by atoms with Crippen LogP contribution < -0.4 is 10.9 Å². The van der Waals surface area contributed by atoms with E-state index in [9.17, 15) is 15.0 Å². The molecule has 2 heterocycles. The molecule has 4 unspecified atom stereocenters. The van der Waals surface area contributed by atoms with Crippen molar-refractivity contribution >= 4 is 21.8 Å². The molecule has 4 atom stereocenters. The first-order valence-corrected chi connectivity index (χ1v) is 9.87. The lowest BCUT2D eigenvalue weighted by molar-refractivity contribution is -0.130. The lowest BCUT2D eigenvalue weighted by atomic mass is 9.83. The average Bonchev–Trinajstić information content (AvgIpc) is 3.21. The Morgan fingerprint density at radius 3 is 2.44 bits per heavy atom. The highest BCUT2D eigenvalue weighted by Gasteiger charge is 2.55. The summed E-state index contributed by atoms with van der Waals surface area (Å²) in [6.45, 7) is 0.541. The number of aliphatic hydroxyl groups excluding tert-OH is 1. The van der Waals surface area contributed by atoms with E-state index in [4.69, 9.17) is 0 Å². The number of fused-ring (bicyclic) bond motifs is 1. The quantitative estimate of drug-likeness (QED) is 0.583. The third-order valence-electron chi connectivity index (χ3n) is 5.45. The minimum Gasteiger partial charge on any atom is -0.508 e. The number of nitrogens with one attached hydrogen (secondary N) is 2. The number of hydrogen-bond donors (Lipinski definition) is 4. The van der Waals surface area contributed by atoms with E-state index in [-0.39, 0.29) is 42.3 Å². The lowest BCUT2D eigenvalue weighted by Gasteiger charge is -2.31. The molecule has 0 aliphatic carbocycles. The van der Waals surface area contributed by atoms with Gasteiger partial charge in [-0.15, -0.1) is 0 Å². The van der Waals surface area contributed by atoms with Crippen LogP contribution in [0.15, 0.2) is 53.0 Å². The van der Waals surface area contributed by atoms with Gasteiger partial charge >= 0.3 is 0 Å². The number of para-hydroxylation sites is 1. The molecule has 0 saturated carbocycles. The maximum absolute atomic E-state index is 13.1. The molecule has 2 aromatic carbocycles. The number of carbonyl (C=O) groups excluding carboxylic acids is 1. The molecule has 2 aliphatic heterocycles. The van der Waals surface area contributed by atoms with E-state index in [1.165, 1.54) is 0 Å². The van der Waals surface area contributed by atoms with Gasteiger partial charge in [-0.1, -0.05) is 46.3 Å². The smallest absolute Gasteiger partial charge is 0.242 e. The molecular formula is C20H22BrN3O3. The summed E-state index contributed by atoms with van der Waals surface area (Å²) in [5, 5.41) is 19.6. The molecule has 2 fully saturated rings. The zero-order valence-electron chi connectivity index (χ0n) is 14.7. The van der Waals surface area contributed by atoms with Crippen molar-refractivity contribution < 1.29 is 15.0 Å². The number of hydrazine groups is 1. The molecule has 0 radical (unpaired) electrons. The summed E-state index contributed by atoms with van der Waals surface area (Å²) in [5.74, 6) is 0.158. The maximum Gasteiger partial charge on any atom is 0.242 e. The van der Waals surface area contributed by atoms with Crippen molar-refractivity contribution in [2.75, 3.05) is 13.2 Å². The fourth-order valence-electron chi connectivity index (χ4n) is 4.27. The van der Waals surface area contributed by atoms with Crippen LogP contribution in [-0.4, -0.2) is 40.2 Å². The van der Waals surface area contributed by atoms with Crippen LogP contribution in [0.4, 0.5) is 0 Å². The topological polar surface area (TPSA) is 84.8 Å². The van der Waals surface area contributed by atoms with Crippen molar-refractivity contribution in [3.05, 3.63) is 64.1 Å². The van der Waals surface area contributed by atoms with Crippen LogP contribution in [0.2, 0.25) is 0 Å². The molecule has 2 aromatic rings. The molecule has 7 heteroatoms. The Labute approximate surface area is 166 Å². The Bertz CT molecular complexity index is 829. The number of amides is 1. The normalized spacial score (nSPS) is 27.2. The second-order valence-corrected chi connectivity index (χ2v) is 7.90. The summed E-state index contributed by atoms with van der Waals surface area (Å²) < 4.78 is 0.981. The first kappa shape index (κ1) is 18.4. The van der Waals surface area contributed by atoms with E-state index in [2.05, 4.69) is 26.8 Å². The van der Waals surface area contributed by atoms with Crippen molar-refractivity contribution in [3.63, 3.8) is 0 Å². The molecule has 2 saturated heterocycles. The van der Waals surface area contributed by atoms with Gasteiger partial charge in [-0.2, -0.15) is 0 Å². The Kier molecular flexibility index (Phi) is 5.19. The lowest BCUT2D eigenvalue weighted by Crippen LogP contribution is -2.41. The zero-order valence-corrected chi connectivity index (χ0v) is 16.3. The molecule has 0 aromatic heterocycles. The van der Waals surface area contributed by atoms with Gasteiger partial charge in [-0.25, -0.2) is 10.9 Å². The summed E-state index contributed by atoms with van der Waals surface area (Å²) in [7, 11) is 0. The van der Waals surface area contributed by atoms with Crippen LogP contribution in [0.3, 0.4) is 0 Å². The van der Waals surface area contributed by atoms with Gasteiger partial charge in [-0.05, 0) is 30.2 Å². The molecule has 0 spiro atoms. The number of rotatable bonds is 5. The molecule has 1 amide bonds. The second kappa shape index (κ2) is 7.59. The van der Waals surface area contributed by atoms with Gasteiger partial charge in [0.2, 0.25) is 5.91 Å². The summed E-state index contributed by atoms with van der Waals surface area (Å²) in [4.78, 5) is 14.9. The molecule has 4 rings (SSSR count). The number of likely N-dealkylation sites (tertiary alicyclic amines) is 1. The molecule has 2 aliphatic rings. The van der Waals surface area contributed by atoms with Gasteiger partial charge < -0.3 is 15.1 Å². The molecule has 27 heavy (non-hydrogen) atoms. The number of aromatic hydroxyl groups is 1. The second-order valence-electron chi connectivity index (χ2n) is 6.99. The van der Waals surface area contributed by atoms with Gasteiger partial charge in [0.05, 0.1) is 12.1 Å². The SMILES string of the molecule is O=C1C2NNC(c3ccccc3O)C2C(c2ccc(Br)cc2)N1CCCO. The fraction of sp³-hybridized carbons (Fsp3) is 0.350.